The summed E-state index contributed by atoms with van der Waals surface area (Å²) in [5, 5.41) is 14.2. The van der Waals surface area contributed by atoms with Crippen molar-refractivity contribution >= 4 is 29.6 Å². The molecule has 1 saturated heterocycles. The Morgan fingerprint density at radius 2 is 1.46 bits per heavy atom. The number of aromatic nitrogens is 1. The average Bonchev–Trinajstić information content (AvgIpc) is 3.13. The van der Waals surface area contributed by atoms with E-state index in [0.717, 1.165) is 24.2 Å². The number of piperazine rings is 1. The van der Waals surface area contributed by atoms with Crippen molar-refractivity contribution in [2.45, 2.75) is 25.7 Å². The van der Waals surface area contributed by atoms with Gasteiger partial charge in [0.15, 0.2) is 0 Å². The third-order valence-electron chi connectivity index (χ3n) is 8.40. The number of alkyl halides is 3. The second-order valence-electron chi connectivity index (χ2n) is 12.0. The van der Waals surface area contributed by atoms with Crippen LogP contribution in [0.1, 0.15) is 27.8 Å². The summed E-state index contributed by atoms with van der Waals surface area (Å²) in [5.41, 5.74) is 2.22. The predicted octanol–water partition coefficient (Wildman–Crippen LogP) is 4.93. The predicted molar refractivity (Wildman–Crippen MR) is 183 cm³/mol. The number of nitrogens with zero attached hydrogens (tertiary/aromatic N) is 3. The van der Waals surface area contributed by atoms with Crippen molar-refractivity contribution in [2.75, 3.05) is 38.1 Å². The molecule has 0 bridgehead atoms. The minimum atomic E-state index is -4.53. The lowest BCUT2D eigenvalue weighted by molar-refractivity contribution is -0.138. The molecule has 12 heteroatoms. The first-order chi connectivity index (χ1) is 24.1. The van der Waals surface area contributed by atoms with E-state index in [1.165, 1.54) is 36.0 Å². The van der Waals surface area contributed by atoms with Crippen molar-refractivity contribution in [1.82, 2.24) is 20.1 Å². The zero-order valence-corrected chi connectivity index (χ0v) is 27.3. The van der Waals surface area contributed by atoms with Crippen LogP contribution in [-0.4, -0.2) is 70.4 Å². The fourth-order valence-corrected chi connectivity index (χ4v) is 5.71. The number of nitrogens with one attached hydrogen (secondary N) is 2. The van der Waals surface area contributed by atoms with Crippen LogP contribution in [0.15, 0.2) is 109 Å². The Hall–Kier alpha value is -5.33. The number of benzene rings is 3. The summed E-state index contributed by atoms with van der Waals surface area (Å²) in [6.07, 6.45) is -1.39. The van der Waals surface area contributed by atoms with Crippen LogP contribution in [0.4, 0.5) is 19.0 Å². The second kappa shape index (κ2) is 16.9. The van der Waals surface area contributed by atoms with Gasteiger partial charge in [0.25, 0.3) is 5.91 Å². The Morgan fingerprint density at radius 1 is 0.820 bits per heavy atom. The molecule has 1 aliphatic heterocycles. The quantitative estimate of drug-likeness (QED) is 0.182. The lowest BCUT2D eigenvalue weighted by atomic mass is 9.88. The highest BCUT2D eigenvalue weighted by molar-refractivity contribution is 6.04. The highest BCUT2D eigenvalue weighted by Gasteiger charge is 2.34. The van der Waals surface area contributed by atoms with E-state index in [-0.39, 0.29) is 30.3 Å². The van der Waals surface area contributed by atoms with Crippen molar-refractivity contribution in [2.24, 2.45) is 5.92 Å². The molecule has 9 nitrogen and oxygen atoms in total. The van der Waals surface area contributed by atoms with Gasteiger partial charge in [0.2, 0.25) is 11.8 Å². The molecule has 3 N–H and O–H groups in total. The Morgan fingerprint density at radius 3 is 2.04 bits per heavy atom. The maximum Gasteiger partial charge on any atom is 0.416 e. The average molecular weight is 686 g/mol. The van der Waals surface area contributed by atoms with Gasteiger partial charge in [-0.2, -0.15) is 13.2 Å². The molecule has 0 spiro atoms. The van der Waals surface area contributed by atoms with Gasteiger partial charge in [0.05, 0.1) is 11.5 Å². The van der Waals surface area contributed by atoms with Gasteiger partial charge < -0.3 is 20.6 Å². The first kappa shape index (κ1) is 36.0. The van der Waals surface area contributed by atoms with Crippen molar-refractivity contribution in [3.63, 3.8) is 0 Å². The molecule has 1 aliphatic rings. The molecule has 0 aliphatic carbocycles. The van der Waals surface area contributed by atoms with Crippen molar-refractivity contribution in [3.05, 3.63) is 137 Å². The number of pyridine rings is 1. The number of aliphatic hydroxyl groups excluding tert-OH is 1. The first-order valence-corrected chi connectivity index (χ1v) is 16.2. The Kier molecular flexibility index (Phi) is 12.1. The third-order valence-corrected chi connectivity index (χ3v) is 8.40. The minimum Gasteiger partial charge on any atom is -0.387 e. The van der Waals surface area contributed by atoms with E-state index in [9.17, 15) is 27.6 Å². The molecule has 5 rings (SSSR count). The highest BCUT2D eigenvalue weighted by atomic mass is 19.4. The van der Waals surface area contributed by atoms with E-state index in [0.29, 0.717) is 37.3 Å². The lowest BCUT2D eigenvalue weighted by Crippen LogP contribution is -2.51. The van der Waals surface area contributed by atoms with E-state index >= 15 is 0 Å². The van der Waals surface area contributed by atoms with E-state index < -0.39 is 36.1 Å². The molecule has 1 aromatic heterocycles. The van der Waals surface area contributed by atoms with E-state index in [1.807, 2.05) is 48.5 Å². The summed E-state index contributed by atoms with van der Waals surface area (Å²) < 4.78 is 40.0. The molecule has 260 valence electrons. The first-order valence-electron chi connectivity index (χ1n) is 16.2. The monoisotopic (exact) mass is 685 g/mol. The van der Waals surface area contributed by atoms with Crippen LogP contribution in [0, 0.1) is 5.92 Å². The normalized spacial score (nSPS) is 14.6. The van der Waals surface area contributed by atoms with Crippen LogP contribution >= 0.6 is 0 Å². The third kappa shape index (κ3) is 10.1. The molecule has 0 saturated carbocycles. The Labute approximate surface area is 288 Å². The van der Waals surface area contributed by atoms with Gasteiger partial charge in [0, 0.05) is 51.0 Å². The van der Waals surface area contributed by atoms with Crippen LogP contribution < -0.4 is 10.6 Å². The summed E-state index contributed by atoms with van der Waals surface area (Å²) >= 11 is 0. The molecule has 2 heterocycles. The SMILES string of the molecule is O=C(CO)Nc1ccc(CNC(=O)C(=Cc2ccc(C(F)(F)F)cc2)[C@H](Cc2ccccc2)C(=O)N2CCN(Cc3ccccc3)CC2)cn1. The standard InChI is InChI=1S/C38H38F3N5O4/c39-38(40,41)31-14-11-28(12-15-31)21-32(36(49)43-24-30-13-16-34(42-23-30)44-35(48)26-47)33(22-27-7-3-1-4-8-27)37(50)46-19-17-45(18-20-46)25-29-9-5-2-6-10-29/h1-16,21,23,33,47H,17-20,22,24-26H2,(H,43,49)(H,42,44,48)/t33-/m0/s1. The summed E-state index contributed by atoms with van der Waals surface area (Å²) in [6, 6.07) is 27.0. The number of rotatable bonds is 12. The maximum atomic E-state index is 14.4. The fourth-order valence-electron chi connectivity index (χ4n) is 5.71. The summed E-state index contributed by atoms with van der Waals surface area (Å²) in [7, 11) is 0. The molecular formula is C38H38F3N5O4. The minimum absolute atomic E-state index is 0.0226. The number of anilines is 1. The smallest absolute Gasteiger partial charge is 0.387 e. The van der Waals surface area contributed by atoms with Crippen LogP contribution in [0.5, 0.6) is 0 Å². The molecule has 50 heavy (non-hydrogen) atoms. The Balaban J connectivity index is 1.41. The van der Waals surface area contributed by atoms with Gasteiger partial charge in [0.1, 0.15) is 12.4 Å². The summed E-state index contributed by atoms with van der Waals surface area (Å²) in [5.74, 6) is -2.14. The van der Waals surface area contributed by atoms with Gasteiger partial charge in [-0.25, -0.2) is 4.98 Å². The van der Waals surface area contributed by atoms with Crippen LogP contribution in [0.3, 0.4) is 0 Å². The molecule has 4 aromatic rings. The number of halogens is 3. The van der Waals surface area contributed by atoms with Gasteiger partial charge in [-0.15, -0.1) is 0 Å². The number of carbonyl (C=O) groups is 3. The molecular weight excluding hydrogens is 647 g/mol. The van der Waals surface area contributed by atoms with Gasteiger partial charge >= 0.3 is 6.18 Å². The van der Waals surface area contributed by atoms with Crippen LogP contribution in [0.2, 0.25) is 0 Å². The molecule has 3 aromatic carbocycles. The van der Waals surface area contributed by atoms with Crippen molar-refractivity contribution in [3.8, 4) is 0 Å². The van der Waals surface area contributed by atoms with Crippen LogP contribution in [0.25, 0.3) is 6.08 Å². The summed E-state index contributed by atoms with van der Waals surface area (Å²) in [6.45, 7) is 2.28. The highest BCUT2D eigenvalue weighted by Crippen LogP contribution is 2.30. The number of carbonyl (C=O) groups excluding carboxylic acids is 3. The maximum absolute atomic E-state index is 14.4. The zero-order valence-electron chi connectivity index (χ0n) is 27.3. The fraction of sp³-hybridized carbons (Fsp3) is 0.263. The van der Waals surface area contributed by atoms with E-state index in [1.54, 1.807) is 11.0 Å². The lowest BCUT2D eigenvalue weighted by Gasteiger charge is -2.37. The van der Waals surface area contributed by atoms with Gasteiger partial charge in [-0.05, 0) is 52.9 Å². The molecule has 0 radical (unpaired) electrons. The topological polar surface area (TPSA) is 115 Å². The summed E-state index contributed by atoms with van der Waals surface area (Å²) in [4.78, 5) is 48.1. The molecule has 1 atom stereocenters. The van der Waals surface area contributed by atoms with Crippen LogP contribution in [-0.2, 0) is 40.1 Å². The number of amides is 3. The van der Waals surface area contributed by atoms with Gasteiger partial charge in [-0.1, -0.05) is 78.9 Å². The Bertz CT molecular complexity index is 1760. The van der Waals surface area contributed by atoms with Crippen molar-refractivity contribution < 1.29 is 32.7 Å². The second-order valence-corrected chi connectivity index (χ2v) is 12.0. The molecule has 0 unspecified atom stereocenters. The van der Waals surface area contributed by atoms with Gasteiger partial charge in [-0.3, -0.25) is 19.3 Å². The zero-order chi connectivity index (χ0) is 35.5. The molecule has 3 amide bonds. The largest absolute Gasteiger partial charge is 0.416 e. The number of hydrogen-bond acceptors (Lipinski definition) is 6. The van der Waals surface area contributed by atoms with Crippen molar-refractivity contribution in [1.29, 1.82) is 0 Å². The molecule has 1 fully saturated rings. The number of hydrogen-bond donors (Lipinski definition) is 3. The number of aliphatic hydroxyl groups is 1. The van der Waals surface area contributed by atoms with E-state index in [4.69, 9.17) is 5.11 Å². The van der Waals surface area contributed by atoms with E-state index in [2.05, 4.69) is 32.7 Å².